The van der Waals surface area contributed by atoms with E-state index in [1.807, 2.05) is 20.8 Å². The summed E-state index contributed by atoms with van der Waals surface area (Å²) < 4.78 is 33.4. The lowest BCUT2D eigenvalue weighted by molar-refractivity contribution is 0.0919. The molecule has 0 unspecified atom stereocenters. The summed E-state index contributed by atoms with van der Waals surface area (Å²) in [5.41, 5.74) is -0.349. The van der Waals surface area contributed by atoms with E-state index in [1.54, 1.807) is 0 Å². The molecule has 7 nitrogen and oxygen atoms in total. The van der Waals surface area contributed by atoms with Crippen LogP contribution < -0.4 is 19.9 Å². The molecule has 0 saturated heterocycles. The van der Waals surface area contributed by atoms with Crippen LogP contribution in [0.1, 0.15) is 31.1 Å². The molecule has 0 fully saturated rings. The SMILES string of the molecule is COc1cc(C(=O)NC(C)(C)C)cc(S(N)(=O)=O)c1OC. The summed E-state index contributed by atoms with van der Waals surface area (Å²) in [5, 5.41) is 7.89. The van der Waals surface area contributed by atoms with Gasteiger partial charge in [0, 0.05) is 11.1 Å². The quantitative estimate of drug-likeness (QED) is 0.857. The summed E-state index contributed by atoms with van der Waals surface area (Å²) >= 11 is 0. The number of carbonyl (C=O) groups excluding carboxylic acids is 1. The first-order valence-corrected chi connectivity index (χ1v) is 7.65. The van der Waals surface area contributed by atoms with Gasteiger partial charge in [-0.25, -0.2) is 13.6 Å². The molecule has 1 aromatic rings. The Hall–Kier alpha value is -1.80. The Morgan fingerprint density at radius 3 is 2.14 bits per heavy atom. The maximum atomic E-state index is 12.2. The predicted octanol–water partition coefficient (Wildman–Crippen LogP) is 0.880. The molecule has 0 heterocycles. The van der Waals surface area contributed by atoms with Crippen molar-refractivity contribution in [3.8, 4) is 11.5 Å². The summed E-state index contributed by atoms with van der Waals surface area (Å²) in [6.07, 6.45) is 0. The van der Waals surface area contributed by atoms with Crippen LogP contribution in [0.5, 0.6) is 11.5 Å². The molecular weight excluding hydrogens is 296 g/mol. The number of ether oxygens (including phenoxy) is 2. The molecule has 0 atom stereocenters. The van der Waals surface area contributed by atoms with E-state index < -0.39 is 21.5 Å². The van der Waals surface area contributed by atoms with Gasteiger partial charge in [-0.05, 0) is 32.9 Å². The number of sulfonamides is 1. The largest absolute Gasteiger partial charge is 0.493 e. The van der Waals surface area contributed by atoms with Gasteiger partial charge in [-0.1, -0.05) is 0 Å². The van der Waals surface area contributed by atoms with Gasteiger partial charge in [0.05, 0.1) is 14.2 Å². The number of amides is 1. The molecule has 21 heavy (non-hydrogen) atoms. The van der Waals surface area contributed by atoms with Gasteiger partial charge in [0.2, 0.25) is 10.0 Å². The molecule has 0 aromatic heterocycles. The van der Waals surface area contributed by atoms with E-state index >= 15 is 0 Å². The molecule has 1 aromatic carbocycles. The summed E-state index contributed by atoms with van der Waals surface area (Å²) in [7, 11) is -1.43. The lowest BCUT2D eigenvalue weighted by Gasteiger charge is -2.21. The summed E-state index contributed by atoms with van der Waals surface area (Å²) in [6, 6.07) is 2.56. The topological polar surface area (TPSA) is 108 Å². The Balaban J connectivity index is 3.47. The zero-order valence-electron chi connectivity index (χ0n) is 12.7. The van der Waals surface area contributed by atoms with Gasteiger partial charge in [0.1, 0.15) is 4.90 Å². The summed E-state index contributed by atoms with van der Waals surface area (Å²) in [5.74, 6) is -0.358. The molecular formula is C13H20N2O5S. The lowest BCUT2D eigenvalue weighted by Crippen LogP contribution is -2.40. The lowest BCUT2D eigenvalue weighted by atomic mass is 10.1. The van der Waals surface area contributed by atoms with Crippen LogP contribution in [0.15, 0.2) is 17.0 Å². The zero-order chi connectivity index (χ0) is 16.4. The van der Waals surface area contributed by atoms with E-state index in [9.17, 15) is 13.2 Å². The summed E-state index contributed by atoms with van der Waals surface area (Å²) in [4.78, 5) is 11.9. The molecule has 8 heteroatoms. The fourth-order valence-electron chi connectivity index (χ4n) is 1.68. The minimum Gasteiger partial charge on any atom is -0.493 e. The van der Waals surface area contributed by atoms with Gasteiger partial charge in [0.15, 0.2) is 11.5 Å². The molecule has 0 bridgehead atoms. The monoisotopic (exact) mass is 316 g/mol. The molecule has 0 aliphatic carbocycles. The number of methoxy groups -OCH3 is 2. The van der Waals surface area contributed by atoms with Crippen LogP contribution >= 0.6 is 0 Å². The average molecular weight is 316 g/mol. The number of hydrogen-bond acceptors (Lipinski definition) is 5. The van der Waals surface area contributed by atoms with Crippen LogP contribution in [0.4, 0.5) is 0 Å². The number of carbonyl (C=O) groups is 1. The highest BCUT2D eigenvalue weighted by molar-refractivity contribution is 7.89. The smallest absolute Gasteiger partial charge is 0.251 e. The van der Waals surface area contributed by atoms with Gasteiger partial charge in [-0.15, -0.1) is 0 Å². The third-order valence-electron chi connectivity index (χ3n) is 2.50. The van der Waals surface area contributed by atoms with Crippen LogP contribution in [0.2, 0.25) is 0 Å². The Morgan fingerprint density at radius 1 is 1.19 bits per heavy atom. The minimum atomic E-state index is -4.06. The fraction of sp³-hybridized carbons (Fsp3) is 0.462. The second kappa shape index (κ2) is 5.90. The van der Waals surface area contributed by atoms with Crippen LogP contribution in [-0.2, 0) is 10.0 Å². The molecule has 3 N–H and O–H groups in total. The van der Waals surface area contributed by atoms with E-state index in [2.05, 4.69) is 5.32 Å². The second-order valence-corrected chi connectivity index (χ2v) is 6.99. The fourth-order valence-corrected chi connectivity index (χ4v) is 2.42. The Morgan fingerprint density at radius 2 is 1.76 bits per heavy atom. The Bertz CT molecular complexity index is 647. The highest BCUT2D eigenvalue weighted by atomic mass is 32.2. The predicted molar refractivity (Wildman–Crippen MR) is 78.1 cm³/mol. The van der Waals surface area contributed by atoms with E-state index in [1.165, 1.54) is 20.3 Å². The van der Waals surface area contributed by atoms with Gasteiger partial charge in [0.25, 0.3) is 5.91 Å². The molecule has 1 amide bonds. The van der Waals surface area contributed by atoms with E-state index in [0.717, 1.165) is 6.07 Å². The number of rotatable bonds is 4. The van der Waals surface area contributed by atoms with Crippen molar-refractivity contribution in [3.05, 3.63) is 17.7 Å². The molecule has 0 spiro atoms. The normalized spacial score (nSPS) is 11.9. The summed E-state index contributed by atoms with van der Waals surface area (Å²) in [6.45, 7) is 5.44. The van der Waals surface area contributed by atoms with E-state index in [4.69, 9.17) is 14.6 Å². The number of primary sulfonamides is 1. The molecule has 1 rings (SSSR count). The van der Waals surface area contributed by atoms with Crippen molar-refractivity contribution in [2.24, 2.45) is 5.14 Å². The molecule has 0 radical (unpaired) electrons. The average Bonchev–Trinajstić information content (AvgIpc) is 2.33. The van der Waals surface area contributed by atoms with E-state index in [0.29, 0.717) is 0 Å². The number of hydrogen-bond donors (Lipinski definition) is 2. The van der Waals surface area contributed by atoms with Gasteiger partial charge in [-0.3, -0.25) is 4.79 Å². The maximum Gasteiger partial charge on any atom is 0.251 e. The third kappa shape index (κ3) is 4.33. The van der Waals surface area contributed by atoms with Crippen molar-refractivity contribution >= 4 is 15.9 Å². The van der Waals surface area contributed by atoms with Gasteiger partial charge in [-0.2, -0.15) is 0 Å². The number of nitrogens with two attached hydrogens (primary N) is 1. The molecule has 0 aliphatic rings. The first kappa shape index (κ1) is 17.3. The Labute approximate surface area is 124 Å². The van der Waals surface area contributed by atoms with Crippen molar-refractivity contribution in [3.63, 3.8) is 0 Å². The van der Waals surface area contributed by atoms with Crippen LogP contribution in [0.3, 0.4) is 0 Å². The van der Waals surface area contributed by atoms with Gasteiger partial charge < -0.3 is 14.8 Å². The maximum absolute atomic E-state index is 12.2. The molecule has 0 saturated carbocycles. The van der Waals surface area contributed by atoms with Gasteiger partial charge >= 0.3 is 0 Å². The van der Waals surface area contributed by atoms with Crippen LogP contribution in [0.25, 0.3) is 0 Å². The zero-order valence-corrected chi connectivity index (χ0v) is 13.5. The van der Waals surface area contributed by atoms with Crippen LogP contribution in [-0.4, -0.2) is 34.1 Å². The van der Waals surface area contributed by atoms with Crippen molar-refractivity contribution in [2.75, 3.05) is 14.2 Å². The van der Waals surface area contributed by atoms with Crippen molar-refractivity contribution < 1.29 is 22.7 Å². The minimum absolute atomic E-state index is 0.0349. The second-order valence-electron chi connectivity index (χ2n) is 5.46. The Kier molecular flexibility index (Phi) is 4.85. The van der Waals surface area contributed by atoms with Crippen molar-refractivity contribution in [2.45, 2.75) is 31.2 Å². The number of benzene rings is 1. The first-order chi connectivity index (χ1) is 9.49. The van der Waals surface area contributed by atoms with Crippen molar-refractivity contribution in [1.29, 1.82) is 0 Å². The molecule has 0 aliphatic heterocycles. The van der Waals surface area contributed by atoms with E-state index in [-0.39, 0.29) is 22.0 Å². The van der Waals surface area contributed by atoms with Crippen LogP contribution in [0, 0.1) is 0 Å². The molecule has 118 valence electrons. The highest BCUT2D eigenvalue weighted by Gasteiger charge is 2.24. The van der Waals surface area contributed by atoms with Crippen molar-refractivity contribution in [1.82, 2.24) is 5.32 Å². The third-order valence-corrected chi connectivity index (χ3v) is 3.42. The highest BCUT2D eigenvalue weighted by Crippen LogP contribution is 2.35. The number of nitrogens with one attached hydrogen (secondary N) is 1. The first-order valence-electron chi connectivity index (χ1n) is 6.11. The standard InChI is InChI=1S/C13H20N2O5S/c1-13(2,3)15-12(16)8-6-9(19-4)11(20-5)10(7-8)21(14,17)18/h6-7H,1-5H3,(H,15,16)(H2,14,17,18).